The second-order valence-electron chi connectivity index (χ2n) is 3.22. The van der Waals surface area contributed by atoms with Gasteiger partial charge in [-0.3, -0.25) is 9.69 Å². The molecule has 0 radical (unpaired) electrons. The van der Waals surface area contributed by atoms with Crippen molar-refractivity contribution in [1.82, 2.24) is 4.90 Å². The number of hydrogen-bond acceptors (Lipinski definition) is 4. The highest BCUT2D eigenvalue weighted by Gasteiger charge is 2.32. The van der Waals surface area contributed by atoms with Gasteiger partial charge in [-0.1, -0.05) is 0 Å². The Kier molecular flexibility index (Phi) is 3.26. The van der Waals surface area contributed by atoms with Gasteiger partial charge in [0.05, 0.1) is 19.2 Å². The van der Waals surface area contributed by atoms with Gasteiger partial charge in [-0.25, -0.2) is 0 Å². The van der Waals surface area contributed by atoms with Gasteiger partial charge in [-0.15, -0.1) is 0 Å². The predicted octanol–water partition coefficient (Wildman–Crippen LogP) is 0.536. The van der Waals surface area contributed by atoms with E-state index in [0.29, 0.717) is 0 Å². The Bertz CT molecular complexity index is 234. The first-order valence-corrected chi connectivity index (χ1v) is 4.44. The van der Waals surface area contributed by atoms with Gasteiger partial charge in [0.1, 0.15) is 6.04 Å². The van der Waals surface area contributed by atoms with E-state index in [1.165, 1.54) is 7.11 Å². The molecule has 1 heterocycles. The Morgan fingerprint density at radius 2 is 2.46 bits per heavy atom. The first-order valence-electron chi connectivity index (χ1n) is 4.44. The Morgan fingerprint density at radius 1 is 1.77 bits per heavy atom. The van der Waals surface area contributed by atoms with E-state index in [1.807, 2.05) is 4.90 Å². The number of hydrogen-bond donors (Lipinski definition) is 0. The molecule has 0 aromatic heterocycles. The maximum Gasteiger partial charge on any atom is 0.322 e. The van der Waals surface area contributed by atoms with Crippen molar-refractivity contribution in [3.05, 3.63) is 0 Å². The lowest BCUT2D eigenvalue weighted by Gasteiger charge is -2.24. The van der Waals surface area contributed by atoms with Crippen LogP contribution in [0, 0.1) is 11.3 Å². The standard InChI is InChI=1S/C9H14N2O2/c1-7(9(12)13-2)11-5-3-4-8(11)6-10/h7-8H,3-5H2,1-2H3. The molecule has 0 spiro atoms. The summed E-state index contributed by atoms with van der Waals surface area (Å²) < 4.78 is 4.63. The minimum atomic E-state index is -0.294. The highest BCUT2D eigenvalue weighted by molar-refractivity contribution is 5.75. The van der Waals surface area contributed by atoms with E-state index in [2.05, 4.69) is 10.8 Å². The molecule has 1 saturated heterocycles. The van der Waals surface area contributed by atoms with Gasteiger partial charge in [0.25, 0.3) is 0 Å². The summed E-state index contributed by atoms with van der Waals surface area (Å²) in [5, 5.41) is 8.80. The minimum absolute atomic E-state index is 0.117. The van der Waals surface area contributed by atoms with Gasteiger partial charge in [-0.2, -0.15) is 5.26 Å². The van der Waals surface area contributed by atoms with Crippen molar-refractivity contribution < 1.29 is 9.53 Å². The van der Waals surface area contributed by atoms with Crippen molar-refractivity contribution in [2.45, 2.75) is 31.8 Å². The topological polar surface area (TPSA) is 53.3 Å². The number of rotatable bonds is 2. The van der Waals surface area contributed by atoms with Gasteiger partial charge in [0, 0.05) is 6.54 Å². The van der Waals surface area contributed by atoms with Gasteiger partial charge < -0.3 is 4.74 Å². The molecule has 0 bridgehead atoms. The van der Waals surface area contributed by atoms with Crippen molar-refractivity contribution in [2.24, 2.45) is 0 Å². The van der Waals surface area contributed by atoms with Crippen LogP contribution in [-0.2, 0) is 9.53 Å². The summed E-state index contributed by atoms with van der Waals surface area (Å²) in [7, 11) is 1.37. The average Bonchev–Trinajstić information content (AvgIpc) is 2.62. The maximum atomic E-state index is 11.2. The molecule has 2 unspecified atom stereocenters. The fourth-order valence-electron chi connectivity index (χ4n) is 1.70. The fraction of sp³-hybridized carbons (Fsp3) is 0.778. The average molecular weight is 182 g/mol. The molecule has 1 rings (SSSR count). The zero-order valence-electron chi connectivity index (χ0n) is 7.99. The van der Waals surface area contributed by atoms with Crippen LogP contribution in [0.15, 0.2) is 0 Å². The molecule has 72 valence electrons. The Balaban J connectivity index is 2.61. The smallest absolute Gasteiger partial charge is 0.322 e. The number of methoxy groups -OCH3 is 1. The molecular weight excluding hydrogens is 168 g/mol. The summed E-state index contributed by atoms with van der Waals surface area (Å²) in [4.78, 5) is 13.1. The van der Waals surface area contributed by atoms with Crippen molar-refractivity contribution in [3.8, 4) is 6.07 Å². The summed E-state index contributed by atoms with van der Waals surface area (Å²) in [5.74, 6) is -0.262. The van der Waals surface area contributed by atoms with Gasteiger partial charge in [0.15, 0.2) is 0 Å². The van der Waals surface area contributed by atoms with E-state index >= 15 is 0 Å². The van der Waals surface area contributed by atoms with Crippen LogP contribution >= 0.6 is 0 Å². The number of carbonyl (C=O) groups excluding carboxylic acids is 1. The van der Waals surface area contributed by atoms with Gasteiger partial charge in [0.2, 0.25) is 0 Å². The third-order valence-corrected chi connectivity index (χ3v) is 2.48. The van der Waals surface area contributed by atoms with E-state index in [1.54, 1.807) is 6.92 Å². The van der Waals surface area contributed by atoms with Crippen molar-refractivity contribution in [2.75, 3.05) is 13.7 Å². The molecule has 1 aliphatic rings. The zero-order chi connectivity index (χ0) is 9.84. The summed E-state index contributed by atoms with van der Waals surface area (Å²) in [6, 6.07) is 1.78. The number of nitriles is 1. The van der Waals surface area contributed by atoms with Crippen LogP contribution in [0.1, 0.15) is 19.8 Å². The predicted molar refractivity (Wildman–Crippen MR) is 46.8 cm³/mol. The monoisotopic (exact) mass is 182 g/mol. The lowest BCUT2D eigenvalue weighted by molar-refractivity contribution is -0.146. The molecule has 4 nitrogen and oxygen atoms in total. The minimum Gasteiger partial charge on any atom is -0.468 e. The summed E-state index contributed by atoms with van der Waals surface area (Å²) >= 11 is 0. The highest BCUT2D eigenvalue weighted by Crippen LogP contribution is 2.19. The fourth-order valence-corrected chi connectivity index (χ4v) is 1.70. The number of nitrogens with zero attached hydrogens (tertiary/aromatic N) is 2. The van der Waals surface area contributed by atoms with Crippen LogP contribution in [0.5, 0.6) is 0 Å². The molecule has 0 aliphatic carbocycles. The zero-order valence-corrected chi connectivity index (χ0v) is 7.99. The molecule has 1 aliphatic heterocycles. The summed E-state index contributed by atoms with van der Waals surface area (Å²) in [5.41, 5.74) is 0. The first-order chi connectivity index (χ1) is 6.20. The van der Waals surface area contributed by atoms with E-state index in [0.717, 1.165) is 19.4 Å². The molecular formula is C9H14N2O2. The summed E-state index contributed by atoms with van der Waals surface area (Å²) in [6.07, 6.45) is 1.84. The summed E-state index contributed by atoms with van der Waals surface area (Å²) in [6.45, 7) is 2.59. The quantitative estimate of drug-likeness (QED) is 0.585. The Labute approximate surface area is 78.1 Å². The molecule has 2 atom stereocenters. The van der Waals surface area contributed by atoms with Crippen LogP contribution < -0.4 is 0 Å². The first kappa shape index (κ1) is 10.0. The molecule has 4 heteroatoms. The molecule has 0 aromatic rings. The maximum absolute atomic E-state index is 11.2. The number of carbonyl (C=O) groups is 1. The lowest BCUT2D eigenvalue weighted by atomic mass is 10.2. The third kappa shape index (κ3) is 1.99. The van der Waals surface area contributed by atoms with Crippen LogP contribution in [0.3, 0.4) is 0 Å². The number of esters is 1. The largest absolute Gasteiger partial charge is 0.468 e. The number of ether oxygens (including phenoxy) is 1. The molecule has 0 N–H and O–H groups in total. The second kappa shape index (κ2) is 4.24. The van der Waals surface area contributed by atoms with Crippen LogP contribution in [0.2, 0.25) is 0 Å². The van der Waals surface area contributed by atoms with E-state index in [4.69, 9.17) is 5.26 Å². The van der Waals surface area contributed by atoms with Crippen LogP contribution in [0.25, 0.3) is 0 Å². The van der Waals surface area contributed by atoms with Crippen molar-refractivity contribution in [3.63, 3.8) is 0 Å². The normalized spacial score (nSPS) is 25.2. The van der Waals surface area contributed by atoms with Crippen molar-refractivity contribution >= 4 is 5.97 Å². The second-order valence-corrected chi connectivity index (χ2v) is 3.22. The van der Waals surface area contributed by atoms with Crippen molar-refractivity contribution in [1.29, 1.82) is 5.26 Å². The van der Waals surface area contributed by atoms with Gasteiger partial charge in [-0.05, 0) is 19.8 Å². The third-order valence-electron chi connectivity index (χ3n) is 2.48. The Morgan fingerprint density at radius 3 is 3.00 bits per heavy atom. The molecule has 0 aromatic carbocycles. The highest BCUT2D eigenvalue weighted by atomic mass is 16.5. The van der Waals surface area contributed by atoms with E-state index in [9.17, 15) is 4.79 Å². The molecule has 13 heavy (non-hydrogen) atoms. The Hall–Kier alpha value is -1.08. The van der Waals surface area contributed by atoms with Gasteiger partial charge >= 0.3 is 5.97 Å². The SMILES string of the molecule is COC(=O)C(C)N1CCCC1C#N. The molecule has 0 saturated carbocycles. The number of likely N-dealkylation sites (tertiary alicyclic amines) is 1. The lowest BCUT2D eigenvalue weighted by Crippen LogP contribution is -2.42. The van der Waals surface area contributed by atoms with E-state index in [-0.39, 0.29) is 18.1 Å². The van der Waals surface area contributed by atoms with E-state index < -0.39 is 0 Å². The molecule has 1 fully saturated rings. The molecule has 0 amide bonds. The van der Waals surface area contributed by atoms with Crippen LogP contribution in [-0.4, -0.2) is 36.6 Å². The van der Waals surface area contributed by atoms with Crippen LogP contribution in [0.4, 0.5) is 0 Å².